The molecule has 0 spiro atoms. The van der Waals surface area contributed by atoms with Crippen LogP contribution in [0.4, 0.5) is 0 Å². The Bertz CT molecular complexity index is 386. The molecule has 0 radical (unpaired) electrons. The smallest absolute Gasteiger partial charge is 0.274 e. The van der Waals surface area contributed by atoms with E-state index in [0.29, 0.717) is 11.7 Å². The summed E-state index contributed by atoms with van der Waals surface area (Å²) in [7, 11) is 1.83. The summed E-state index contributed by atoms with van der Waals surface area (Å²) >= 11 is 0. The second-order valence-corrected chi connectivity index (χ2v) is 4.52. The zero-order valence-corrected chi connectivity index (χ0v) is 10.5. The molecule has 1 fully saturated rings. The van der Waals surface area contributed by atoms with Gasteiger partial charge in [-0.2, -0.15) is 5.10 Å². The Morgan fingerprint density at radius 2 is 2.47 bits per heavy atom. The monoisotopic (exact) mass is 236 g/mol. The summed E-state index contributed by atoms with van der Waals surface area (Å²) in [6.07, 6.45) is 4.02. The highest BCUT2D eigenvalue weighted by atomic mass is 16.2. The van der Waals surface area contributed by atoms with Gasteiger partial charge in [-0.1, -0.05) is 6.92 Å². The molecular formula is C12H20N4O. The minimum atomic E-state index is 0.0493. The van der Waals surface area contributed by atoms with Crippen LogP contribution >= 0.6 is 0 Å². The van der Waals surface area contributed by atoms with Gasteiger partial charge in [0.15, 0.2) is 0 Å². The summed E-state index contributed by atoms with van der Waals surface area (Å²) in [5.41, 5.74) is 0.546. The average Bonchev–Trinajstić information content (AvgIpc) is 2.76. The van der Waals surface area contributed by atoms with Crippen LogP contribution in [0.25, 0.3) is 0 Å². The molecule has 2 heterocycles. The molecular weight excluding hydrogens is 216 g/mol. The lowest BCUT2D eigenvalue weighted by Gasteiger charge is -2.32. The van der Waals surface area contributed by atoms with Crippen LogP contribution in [0.5, 0.6) is 0 Å². The molecule has 1 aromatic rings. The maximum Gasteiger partial charge on any atom is 0.274 e. The normalized spacial score (nSPS) is 20.6. The number of piperidine rings is 1. The van der Waals surface area contributed by atoms with Crippen LogP contribution in [0.1, 0.15) is 30.3 Å². The summed E-state index contributed by atoms with van der Waals surface area (Å²) < 4.78 is 1.67. The number of carbonyl (C=O) groups is 1. The number of nitrogens with one attached hydrogen (secondary N) is 1. The van der Waals surface area contributed by atoms with Gasteiger partial charge >= 0.3 is 0 Å². The largest absolute Gasteiger partial charge is 0.336 e. The second kappa shape index (κ2) is 5.31. The molecule has 2 rings (SSSR count). The Balaban J connectivity index is 1.99. The van der Waals surface area contributed by atoms with Crippen LogP contribution < -0.4 is 5.32 Å². The molecule has 5 nitrogen and oxygen atoms in total. The number of hydrogen-bond donors (Lipinski definition) is 1. The number of carbonyl (C=O) groups excluding carboxylic acids is 1. The van der Waals surface area contributed by atoms with Crippen molar-refractivity contribution < 1.29 is 4.79 Å². The highest BCUT2D eigenvalue weighted by Crippen LogP contribution is 2.12. The number of hydrogen-bond acceptors (Lipinski definition) is 3. The predicted octanol–water partition coefficient (Wildman–Crippen LogP) is 0.634. The van der Waals surface area contributed by atoms with Gasteiger partial charge in [0.1, 0.15) is 5.69 Å². The third-order valence-electron chi connectivity index (χ3n) is 3.13. The Morgan fingerprint density at radius 1 is 1.65 bits per heavy atom. The van der Waals surface area contributed by atoms with Crippen LogP contribution in [0.3, 0.4) is 0 Å². The van der Waals surface area contributed by atoms with Crippen molar-refractivity contribution in [2.45, 2.75) is 25.8 Å². The molecule has 0 aromatic carbocycles. The number of likely N-dealkylation sites (tertiary alicyclic amines) is 1. The van der Waals surface area contributed by atoms with Gasteiger partial charge in [0, 0.05) is 32.4 Å². The molecule has 5 heteroatoms. The first kappa shape index (κ1) is 12.1. The summed E-state index contributed by atoms with van der Waals surface area (Å²) in [6.45, 7) is 4.69. The van der Waals surface area contributed by atoms with Crippen molar-refractivity contribution >= 4 is 5.91 Å². The van der Waals surface area contributed by atoms with E-state index < -0.39 is 0 Å². The van der Waals surface area contributed by atoms with Crippen LogP contribution in [-0.2, 0) is 7.05 Å². The van der Waals surface area contributed by atoms with Crippen molar-refractivity contribution in [1.82, 2.24) is 20.0 Å². The van der Waals surface area contributed by atoms with E-state index >= 15 is 0 Å². The van der Waals surface area contributed by atoms with Gasteiger partial charge in [-0.15, -0.1) is 0 Å². The van der Waals surface area contributed by atoms with E-state index in [1.54, 1.807) is 16.9 Å². The lowest BCUT2D eigenvalue weighted by molar-refractivity contribution is 0.0689. The van der Waals surface area contributed by atoms with Gasteiger partial charge in [0.25, 0.3) is 5.91 Å². The van der Waals surface area contributed by atoms with Crippen molar-refractivity contribution in [3.8, 4) is 0 Å². The number of aryl methyl sites for hydroxylation is 1. The van der Waals surface area contributed by atoms with Crippen LogP contribution in [0.2, 0.25) is 0 Å². The highest BCUT2D eigenvalue weighted by molar-refractivity contribution is 5.92. The van der Waals surface area contributed by atoms with Crippen molar-refractivity contribution in [2.24, 2.45) is 7.05 Å². The lowest BCUT2D eigenvalue weighted by Crippen LogP contribution is -2.48. The molecule has 1 aliphatic rings. The molecule has 0 aliphatic carbocycles. The SMILES string of the molecule is CCNC1CCCN(C(=O)c2ccn(C)n2)C1. The summed E-state index contributed by atoms with van der Waals surface area (Å²) in [5, 5.41) is 7.57. The van der Waals surface area contributed by atoms with Crippen LogP contribution in [0.15, 0.2) is 12.3 Å². The van der Waals surface area contributed by atoms with Gasteiger partial charge in [0.2, 0.25) is 0 Å². The molecule has 1 unspecified atom stereocenters. The molecule has 0 saturated carbocycles. The lowest BCUT2D eigenvalue weighted by atomic mass is 10.1. The van der Waals surface area contributed by atoms with Crippen molar-refractivity contribution in [1.29, 1.82) is 0 Å². The molecule has 0 bridgehead atoms. The van der Waals surface area contributed by atoms with E-state index in [2.05, 4.69) is 17.3 Å². The number of aromatic nitrogens is 2. The molecule has 1 atom stereocenters. The number of nitrogens with zero attached hydrogens (tertiary/aromatic N) is 3. The number of likely N-dealkylation sites (N-methyl/N-ethyl adjacent to an activating group) is 1. The zero-order valence-electron chi connectivity index (χ0n) is 10.5. The minimum absolute atomic E-state index is 0.0493. The van der Waals surface area contributed by atoms with E-state index in [9.17, 15) is 4.79 Å². The molecule has 1 amide bonds. The first-order valence-electron chi connectivity index (χ1n) is 6.23. The van der Waals surface area contributed by atoms with Crippen molar-refractivity contribution in [3.05, 3.63) is 18.0 Å². The third-order valence-corrected chi connectivity index (χ3v) is 3.13. The van der Waals surface area contributed by atoms with Gasteiger partial charge in [-0.25, -0.2) is 0 Å². The van der Waals surface area contributed by atoms with Gasteiger partial charge in [-0.3, -0.25) is 9.48 Å². The van der Waals surface area contributed by atoms with Gasteiger partial charge in [-0.05, 0) is 25.5 Å². The minimum Gasteiger partial charge on any atom is -0.336 e. The standard InChI is InChI=1S/C12H20N4O/c1-3-13-10-5-4-7-16(9-10)12(17)11-6-8-15(2)14-11/h6,8,10,13H,3-5,7,9H2,1-2H3. The van der Waals surface area contributed by atoms with E-state index in [-0.39, 0.29) is 5.91 Å². The topological polar surface area (TPSA) is 50.2 Å². The van der Waals surface area contributed by atoms with Crippen LogP contribution in [0, 0.1) is 0 Å². The fourth-order valence-electron chi connectivity index (χ4n) is 2.31. The molecule has 94 valence electrons. The van der Waals surface area contributed by atoms with E-state index in [0.717, 1.165) is 32.5 Å². The second-order valence-electron chi connectivity index (χ2n) is 4.52. The maximum atomic E-state index is 12.2. The fraction of sp³-hybridized carbons (Fsp3) is 0.667. The number of rotatable bonds is 3. The van der Waals surface area contributed by atoms with E-state index in [4.69, 9.17) is 0 Å². The Kier molecular flexibility index (Phi) is 3.78. The van der Waals surface area contributed by atoms with Gasteiger partial charge < -0.3 is 10.2 Å². The maximum absolute atomic E-state index is 12.2. The first-order chi connectivity index (χ1) is 8.20. The molecule has 1 N–H and O–H groups in total. The third kappa shape index (κ3) is 2.85. The van der Waals surface area contributed by atoms with E-state index in [1.807, 2.05) is 11.9 Å². The Morgan fingerprint density at radius 3 is 3.12 bits per heavy atom. The zero-order chi connectivity index (χ0) is 12.3. The molecule has 1 saturated heterocycles. The van der Waals surface area contributed by atoms with E-state index in [1.165, 1.54) is 0 Å². The first-order valence-corrected chi connectivity index (χ1v) is 6.23. The van der Waals surface area contributed by atoms with Gasteiger partial charge in [0.05, 0.1) is 0 Å². The Hall–Kier alpha value is -1.36. The number of amides is 1. The molecule has 1 aliphatic heterocycles. The average molecular weight is 236 g/mol. The summed E-state index contributed by atoms with van der Waals surface area (Å²) in [4.78, 5) is 14.1. The highest BCUT2D eigenvalue weighted by Gasteiger charge is 2.24. The molecule has 1 aromatic heterocycles. The van der Waals surface area contributed by atoms with Crippen LogP contribution in [-0.4, -0.2) is 46.3 Å². The Labute approximate surface area is 102 Å². The predicted molar refractivity (Wildman–Crippen MR) is 65.8 cm³/mol. The summed E-state index contributed by atoms with van der Waals surface area (Å²) in [6, 6.07) is 2.21. The van der Waals surface area contributed by atoms with Crippen molar-refractivity contribution in [3.63, 3.8) is 0 Å². The fourth-order valence-corrected chi connectivity index (χ4v) is 2.31. The summed E-state index contributed by atoms with van der Waals surface area (Å²) in [5.74, 6) is 0.0493. The van der Waals surface area contributed by atoms with Crippen molar-refractivity contribution in [2.75, 3.05) is 19.6 Å². The molecule has 17 heavy (non-hydrogen) atoms. The quantitative estimate of drug-likeness (QED) is 0.837.